The highest BCUT2D eigenvalue weighted by molar-refractivity contribution is 7.89. The van der Waals surface area contributed by atoms with Gasteiger partial charge in [-0.15, -0.1) is 0 Å². The summed E-state index contributed by atoms with van der Waals surface area (Å²) in [4.78, 5) is 22.1. The number of carboxylic acids is 1. The average Bonchev–Trinajstić information content (AvgIpc) is 2.26. The van der Waals surface area contributed by atoms with Crippen LogP contribution in [0.1, 0.15) is 20.3 Å². The van der Waals surface area contributed by atoms with E-state index < -0.39 is 46.3 Å². The summed E-state index contributed by atoms with van der Waals surface area (Å²) in [5.41, 5.74) is 0. The molecule has 0 heterocycles. The number of nitrogens with one attached hydrogen (secondary N) is 1. The molecule has 0 aromatic rings. The highest BCUT2D eigenvalue weighted by Crippen LogP contribution is 2.21. The van der Waals surface area contributed by atoms with E-state index in [1.165, 1.54) is 13.8 Å². The number of hydrogen-bond donors (Lipinski definition) is 2. The van der Waals surface area contributed by atoms with E-state index >= 15 is 0 Å². The zero-order chi connectivity index (χ0) is 16.8. The predicted molar refractivity (Wildman–Crippen MR) is 66.9 cm³/mol. The van der Waals surface area contributed by atoms with Crippen LogP contribution in [0.4, 0.5) is 13.2 Å². The Kier molecular flexibility index (Phi) is 7.10. The summed E-state index contributed by atoms with van der Waals surface area (Å²) >= 11 is 0. The molecule has 0 saturated heterocycles. The maximum Gasteiger partial charge on any atom is 0.391 e. The summed E-state index contributed by atoms with van der Waals surface area (Å²) in [7, 11) is -3.99. The number of alkyl halides is 3. The van der Waals surface area contributed by atoms with Crippen molar-refractivity contribution in [2.45, 2.75) is 32.5 Å². The molecule has 0 radical (unpaired) electrons. The molecule has 1 atom stereocenters. The van der Waals surface area contributed by atoms with Gasteiger partial charge in [0.15, 0.2) is 0 Å². The minimum atomic E-state index is -4.80. The van der Waals surface area contributed by atoms with Gasteiger partial charge in [0.25, 0.3) is 0 Å². The smallest absolute Gasteiger partial charge is 0.391 e. The van der Waals surface area contributed by atoms with E-state index in [1.54, 1.807) is 5.32 Å². The van der Waals surface area contributed by atoms with Crippen LogP contribution >= 0.6 is 0 Å². The van der Waals surface area contributed by atoms with Crippen LogP contribution in [0.15, 0.2) is 0 Å². The summed E-state index contributed by atoms with van der Waals surface area (Å²) in [6.45, 7) is 3.25. The molecular weight excluding hydrogens is 317 g/mol. The molecule has 0 aromatic carbocycles. The fourth-order valence-corrected chi connectivity index (χ4v) is 2.93. The van der Waals surface area contributed by atoms with Gasteiger partial charge in [-0.05, 0) is 0 Å². The average molecular weight is 334 g/mol. The summed E-state index contributed by atoms with van der Waals surface area (Å²) in [6.07, 6.45) is -6.58. The van der Waals surface area contributed by atoms with Gasteiger partial charge in [0.1, 0.15) is 11.8 Å². The number of aliphatic carboxylic acids is 1. The highest BCUT2D eigenvalue weighted by atomic mass is 32.2. The Labute approximate surface area is 120 Å². The number of hydrogen-bond acceptors (Lipinski definition) is 4. The highest BCUT2D eigenvalue weighted by Gasteiger charge is 2.37. The van der Waals surface area contributed by atoms with Crippen LogP contribution in [0, 0.1) is 0 Å². The zero-order valence-electron chi connectivity index (χ0n) is 11.5. The van der Waals surface area contributed by atoms with Crippen LogP contribution in [0.5, 0.6) is 0 Å². The first-order chi connectivity index (χ1) is 9.42. The van der Waals surface area contributed by atoms with Crippen molar-refractivity contribution in [3.63, 3.8) is 0 Å². The summed E-state index contributed by atoms with van der Waals surface area (Å²) in [6, 6.07) is -2.22. The SMILES string of the molecule is CCN(CC)S(=O)(=O)CC(=O)NC(CC(F)(F)F)C(=O)O. The maximum atomic E-state index is 12.2. The normalized spacial score (nSPS) is 14.0. The van der Waals surface area contributed by atoms with E-state index in [9.17, 15) is 31.2 Å². The van der Waals surface area contributed by atoms with Gasteiger partial charge in [-0.1, -0.05) is 13.8 Å². The maximum absolute atomic E-state index is 12.2. The Morgan fingerprint density at radius 3 is 2.05 bits per heavy atom. The molecule has 0 aliphatic rings. The van der Waals surface area contributed by atoms with Crippen LogP contribution in [0.25, 0.3) is 0 Å². The van der Waals surface area contributed by atoms with Gasteiger partial charge < -0.3 is 10.4 Å². The van der Waals surface area contributed by atoms with Crippen LogP contribution in [-0.4, -0.2) is 60.8 Å². The van der Waals surface area contributed by atoms with E-state index in [0.29, 0.717) is 0 Å². The molecular formula is C10H17F3N2O5S. The van der Waals surface area contributed by atoms with E-state index in [4.69, 9.17) is 5.11 Å². The lowest BCUT2D eigenvalue weighted by atomic mass is 10.2. The molecule has 0 aliphatic heterocycles. The Hall–Kier alpha value is -1.36. The van der Waals surface area contributed by atoms with Gasteiger partial charge in [-0.25, -0.2) is 17.5 Å². The largest absolute Gasteiger partial charge is 0.480 e. The molecule has 1 unspecified atom stereocenters. The van der Waals surface area contributed by atoms with Crippen LogP contribution < -0.4 is 5.32 Å². The molecule has 1 amide bonds. The van der Waals surface area contributed by atoms with Crippen molar-refractivity contribution in [3.8, 4) is 0 Å². The number of sulfonamides is 1. The Bertz CT molecular complexity index is 474. The van der Waals surface area contributed by atoms with Crippen molar-refractivity contribution in [1.29, 1.82) is 0 Å². The molecule has 7 nitrogen and oxygen atoms in total. The second kappa shape index (κ2) is 7.59. The summed E-state index contributed by atoms with van der Waals surface area (Å²) in [5.74, 6) is -4.28. The number of carbonyl (C=O) groups is 2. The van der Waals surface area contributed by atoms with Crippen molar-refractivity contribution in [3.05, 3.63) is 0 Å². The summed E-state index contributed by atoms with van der Waals surface area (Å²) in [5, 5.41) is 10.2. The lowest BCUT2D eigenvalue weighted by Gasteiger charge is -2.20. The van der Waals surface area contributed by atoms with E-state index in [2.05, 4.69) is 0 Å². The van der Waals surface area contributed by atoms with Crippen molar-refractivity contribution in [2.75, 3.05) is 18.8 Å². The Morgan fingerprint density at radius 2 is 1.71 bits per heavy atom. The molecule has 124 valence electrons. The lowest BCUT2D eigenvalue weighted by molar-refractivity contribution is -0.159. The minimum absolute atomic E-state index is 0.0943. The van der Waals surface area contributed by atoms with Crippen molar-refractivity contribution in [2.24, 2.45) is 0 Å². The first-order valence-electron chi connectivity index (χ1n) is 5.99. The van der Waals surface area contributed by atoms with Gasteiger partial charge in [-0.3, -0.25) is 4.79 Å². The van der Waals surface area contributed by atoms with Gasteiger partial charge in [-0.2, -0.15) is 13.2 Å². The van der Waals surface area contributed by atoms with Crippen molar-refractivity contribution in [1.82, 2.24) is 9.62 Å². The number of halogens is 3. The first-order valence-corrected chi connectivity index (χ1v) is 7.60. The molecule has 0 aromatic heterocycles. The molecule has 2 N–H and O–H groups in total. The zero-order valence-corrected chi connectivity index (χ0v) is 12.3. The minimum Gasteiger partial charge on any atom is -0.480 e. The van der Waals surface area contributed by atoms with Gasteiger partial charge in [0.2, 0.25) is 15.9 Å². The van der Waals surface area contributed by atoms with Crippen LogP contribution in [0.2, 0.25) is 0 Å². The van der Waals surface area contributed by atoms with E-state index in [1.807, 2.05) is 0 Å². The molecule has 0 aliphatic carbocycles. The third kappa shape index (κ3) is 7.27. The van der Waals surface area contributed by atoms with Crippen molar-refractivity contribution < 1.29 is 36.3 Å². The molecule has 21 heavy (non-hydrogen) atoms. The standard InChI is InChI=1S/C10H17F3N2O5S/c1-3-15(4-2)21(19,20)6-8(16)14-7(9(17)18)5-10(11,12)13/h7H,3-6H2,1-2H3,(H,14,16)(H,17,18). The Balaban J connectivity index is 4.83. The molecule has 0 rings (SSSR count). The number of amides is 1. The molecule has 0 saturated carbocycles. The topological polar surface area (TPSA) is 104 Å². The molecule has 0 spiro atoms. The monoisotopic (exact) mass is 334 g/mol. The number of carbonyl (C=O) groups excluding carboxylic acids is 1. The van der Waals surface area contributed by atoms with Crippen molar-refractivity contribution >= 4 is 21.9 Å². The van der Waals surface area contributed by atoms with Gasteiger partial charge in [0, 0.05) is 13.1 Å². The molecule has 0 fully saturated rings. The van der Waals surface area contributed by atoms with Gasteiger partial charge >= 0.3 is 12.1 Å². The first kappa shape index (κ1) is 19.6. The fraction of sp³-hybridized carbons (Fsp3) is 0.800. The second-order valence-corrected chi connectivity index (χ2v) is 6.09. The van der Waals surface area contributed by atoms with Gasteiger partial charge in [0.05, 0.1) is 6.42 Å². The number of carboxylic acid groups (broad SMARTS) is 1. The molecule has 11 heteroatoms. The summed E-state index contributed by atoms with van der Waals surface area (Å²) < 4.78 is 60.9. The lowest BCUT2D eigenvalue weighted by Crippen LogP contribution is -2.47. The third-order valence-electron chi connectivity index (χ3n) is 2.48. The fourth-order valence-electron chi connectivity index (χ4n) is 1.54. The second-order valence-electron chi connectivity index (χ2n) is 4.12. The number of nitrogens with zero attached hydrogens (tertiary/aromatic N) is 1. The molecule has 0 bridgehead atoms. The third-order valence-corrected chi connectivity index (χ3v) is 4.41. The van der Waals surface area contributed by atoms with Crippen LogP contribution in [-0.2, 0) is 19.6 Å². The van der Waals surface area contributed by atoms with Crippen LogP contribution in [0.3, 0.4) is 0 Å². The number of rotatable bonds is 8. The van der Waals surface area contributed by atoms with E-state index in [-0.39, 0.29) is 13.1 Å². The Morgan fingerprint density at radius 1 is 1.24 bits per heavy atom. The predicted octanol–water partition coefficient (Wildman–Crippen LogP) is 0.180. The quantitative estimate of drug-likeness (QED) is 0.659. The van der Waals surface area contributed by atoms with E-state index in [0.717, 1.165) is 4.31 Å².